The van der Waals surface area contributed by atoms with E-state index in [2.05, 4.69) is 16.9 Å². The molecule has 2 N–H and O–H groups in total. The highest BCUT2D eigenvalue weighted by molar-refractivity contribution is 5.85. The Balaban J connectivity index is 0.00000208. The zero-order chi connectivity index (χ0) is 16.4. The maximum atomic E-state index is 12.8. The minimum absolute atomic E-state index is 0. The van der Waals surface area contributed by atoms with E-state index in [1.165, 1.54) is 25.9 Å². The molecule has 1 atom stereocenters. The molecule has 0 bridgehead atoms. The summed E-state index contributed by atoms with van der Waals surface area (Å²) in [6.07, 6.45) is 9.86. The molecule has 0 aliphatic carbocycles. The first-order valence-corrected chi connectivity index (χ1v) is 8.73. The van der Waals surface area contributed by atoms with Gasteiger partial charge >= 0.3 is 0 Å². The molecule has 1 aromatic rings. The van der Waals surface area contributed by atoms with Crippen molar-refractivity contribution in [2.45, 2.75) is 38.3 Å². The second-order valence-electron chi connectivity index (χ2n) is 7.39. The van der Waals surface area contributed by atoms with Gasteiger partial charge in [-0.25, -0.2) is 4.98 Å². The summed E-state index contributed by atoms with van der Waals surface area (Å²) >= 11 is 0. The van der Waals surface area contributed by atoms with Crippen LogP contribution in [0.2, 0.25) is 0 Å². The Kier molecular flexibility index (Phi) is 6.28. The lowest BCUT2D eigenvalue weighted by Gasteiger charge is -2.41. The number of likely N-dealkylation sites (tertiary alicyclic amines) is 2. The predicted octanol–water partition coefficient (Wildman–Crippen LogP) is 1.52. The molecule has 3 rings (SSSR count). The number of piperidine rings is 2. The number of halogens is 1. The molecule has 2 fully saturated rings. The van der Waals surface area contributed by atoms with E-state index >= 15 is 0 Å². The third kappa shape index (κ3) is 3.92. The molecule has 0 unspecified atom stereocenters. The third-order valence-electron chi connectivity index (χ3n) is 5.73. The Morgan fingerprint density at radius 1 is 1.12 bits per heavy atom. The lowest BCUT2D eigenvalue weighted by Crippen LogP contribution is -2.56. The molecule has 1 aromatic heterocycles. The molecule has 2 saturated heterocycles. The van der Waals surface area contributed by atoms with E-state index in [4.69, 9.17) is 5.73 Å². The number of hydrogen-bond acceptors (Lipinski definition) is 4. The molecule has 136 valence electrons. The van der Waals surface area contributed by atoms with Crippen LogP contribution in [-0.2, 0) is 10.5 Å². The number of carbonyl (C=O) groups excluding carboxylic acids is 1. The molecule has 1 amide bonds. The van der Waals surface area contributed by atoms with E-state index in [0.717, 1.165) is 37.8 Å². The van der Waals surface area contributed by atoms with Crippen LogP contribution in [0.5, 0.6) is 0 Å². The Hall–Kier alpha value is -1.11. The third-order valence-corrected chi connectivity index (χ3v) is 5.73. The van der Waals surface area contributed by atoms with Crippen LogP contribution in [0, 0.1) is 11.8 Å². The zero-order valence-electron chi connectivity index (χ0n) is 14.7. The number of rotatable bonds is 3. The largest absolute Gasteiger partial charge is 0.339 e. The van der Waals surface area contributed by atoms with Gasteiger partial charge in [-0.1, -0.05) is 0 Å². The van der Waals surface area contributed by atoms with Gasteiger partial charge < -0.3 is 20.1 Å². The maximum absolute atomic E-state index is 12.8. The highest BCUT2D eigenvalue weighted by atomic mass is 35.5. The van der Waals surface area contributed by atoms with Crippen molar-refractivity contribution in [3.63, 3.8) is 0 Å². The van der Waals surface area contributed by atoms with Crippen LogP contribution in [-0.4, -0.2) is 58.5 Å². The highest BCUT2D eigenvalue weighted by Gasteiger charge is 2.37. The van der Waals surface area contributed by atoms with Crippen LogP contribution in [0.15, 0.2) is 18.7 Å². The smallest absolute Gasteiger partial charge is 0.263 e. The molecule has 24 heavy (non-hydrogen) atoms. The van der Waals surface area contributed by atoms with Crippen LogP contribution in [0.3, 0.4) is 0 Å². The summed E-state index contributed by atoms with van der Waals surface area (Å²) in [7, 11) is 2.20. The molecule has 3 heterocycles. The quantitative estimate of drug-likeness (QED) is 0.892. The fraction of sp³-hybridized carbons (Fsp3) is 0.765. The zero-order valence-corrected chi connectivity index (χ0v) is 15.5. The molecule has 6 nitrogen and oxygen atoms in total. The van der Waals surface area contributed by atoms with Crippen LogP contribution in [0.25, 0.3) is 0 Å². The van der Waals surface area contributed by atoms with Crippen LogP contribution >= 0.6 is 12.4 Å². The lowest BCUT2D eigenvalue weighted by atomic mass is 9.79. The number of amides is 1. The van der Waals surface area contributed by atoms with Crippen molar-refractivity contribution >= 4 is 18.3 Å². The Morgan fingerprint density at radius 3 is 2.17 bits per heavy atom. The van der Waals surface area contributed by atoms with Gasteiger partial charge in [0.2, 0.25) is 0 Å². The van der Waals surface area contributed by atoms with Gasteiger partial charge in [0.25, 0.3) is 5.91 Å². The Morgan fingerprint density at radius 2 is 1.67 bits per heavy atom. The van der Waals surface area contributed by atoms with E-state index in [-0.39, 0.29) is 18.3 Å². The topological polar surface area (TPSA) is 67.4 Å². The average molecular weight is 356 g/mol. The maximum Gasteiger partial charge on any atom is 0.263 e. The number of nitrogens with two attached hydrogens (primary N) is 1. The van der Waals surface area contributed by atoms with Crippen molar-refractivity contribution in [3.05, 3.63) is 18.7 Å². The standard InChI is InChI=1S/C17H29N5O.ClH/c1-17(18,22-12-7-19-13-22)16(23)21-10-5-15(6-11-21)14-3-8-20(2)9-4-14;/h7,12-15H,3-6,8-11,18H2,1-2H3;1H/t17-;/m0./s1. The summed E-state index contributed by atoms with van der Waals surface area (Å²) in [6, 6.07) is 0. The van der Waals surface area contributed by atoms with Crippen LogP contribution < -0.4 is 5.73 Å². The summed E-state index contributed by atoms with van der Waals surface area (Å²) in [4.78, 5) is 21.1. The van der Waals surface area contributed by atoms with Gasteiger partial charge in [0.05, 0.1) is 6.33 Å². The normalized spacial score (nSPS) is 23.5. The van der Waals surface area contributed by atoms with Gasteiger partial charge in [0.1, 0.15) is 0 Å². The fourth-order valence-electron chi connectivity index (χ4n) is 4.04. The summed E-state index contributed by atoms with van der Waals surface area (Å²) in [5.41, 5.74) is 5.23. The summed E-state index contributed by atoms with van der Waals surface area (Å²) in [6.45, 7) is 5.85. The van der Waals surface area contributed by atoms with Gasteiger partial charge in [-0.3, -0.25) is 4.79 Å². The van der Waals surface area contributed by atoms with E-state index in [1.54, 1.807) is 30.2 Å². The predicted molar refractivity (Wildman–Crippen MR) is 96.8 cm³/mol. The van der Waals surface area contributed by atoms with Crippen molar-refractivity contribution in [2.24, 2.45) is 17.6 Å². The molecule has 0 radical (unpaired) electrons. The van der Waals surface area contributed by atoms with Gasteiger partial charge in [0, 0.05) is 25.5 Å². The molecule has 0 aromatic carbocycles. The van der Waals surface area contributed by atoms with Crippen LogP contribution in [0.4, 0.5) is 0 Å². The second-order valence-corrected chi connectivity index (χ2v) is 7.39. The van der Waals surface area contributed by atoms with Crippen molar-refractivity contribution in [2.75, 3.05) is 33.2 Å². The number of aromatic nitrogens is 2. The Labute approximate surface area is 150 Å². The number of imidazole rings is 1. The van der Waals surface area contributed by atoms with E-state index in [0.29, 0.717) is 0 Å². The Bertz CT molecular complexity index is 517. The minimum atomic E-state index is -1.04. The number of carbonyl (C=O) groups is 1. The average Bonchev–Trinajstić information content (AvgIpc) is 3.10. The summed E-state index contributed by atoms with van der Waals surface area (Å²) in [5, 5.41) is 0. The van der Waals surface area contributed by atoms with Crippen LogP contribution in [0.1, 0.15) is 32.6 Å². The molecule has 2 aliphatic heterocycles. The van der Waals surface area contributed by atoms with Crippen molar-refractivity contribution in [1.82, 2.24) is 19.4 Å². The van der Waals surface area contributed by atoms with E-state index in [1.807, 2.05) is 4.90 Å². The summed E-state index contributed by atoms with van der Waals surface area (Å²) < 4.78 is 1.69. The first-order valence-electron chi connectivity index (χ1n) is 8.73. The molecule has 7 heteroatoms. The van der Waals surface area contributed by atoms with Gasteiger partial charge in [-0.15, -0.1) is 12.4 Å². The lowest BCUT2D eigenvalue weighted by molar-refractivity contribution is -0.141. The molecular formula is C17H30ClN5O. The SMILES string of the molecule is CN1CCC(C2CCN(C(=O)[C@@](C)(N)n3ccnc3)CC2)CC1.Cl. The van der Waals surface area contributed by atoms with Crippen molar-refractivity contribution in [1.29, 1.82) is 0 Å². The van der Waals surface area contributed by atoms with Gasteiger partial charge in [-0.2, -0.15) is 0 Å². The minimum Gasteiger partial charge on any atom is -0.339 e. The monoisotopic (exact) mass is 355 g/mol. The summed E-state index contributed by atoms with van der Waals surface area (Å²) in [5.74, 6) is 1.60. The van der Waals surface area contributed by atoms with E-state index in [9.17, 15) is 4.79 Å². The van der Waals surface area contributed by atoms with Gasteiger partial charge in [0.15, 0.2) is 5.66 Å². The molecular weight excluding hydrogens is 326 g/mol. The highest BCUT2D eigenvalue weighted by Crippen LogP contribution is 2.32. The first-order chi connectivity index (χ1) is 11.0. The van der Waals surface area contributed by atoms with Crippen molar-refractivity contribution < 1.29 is 4.79 Å². The first kappa shape index (κ1) is 19.2. The number of nitrogens with zero attached hydrogens (tertiary/aromatic N) is 4. The molecule has 2 aliphatic rings. The molecule has 0 spiro atoms. The molecule has 0 saturated carbocycles. The van der Waals surface area contributed by atoms with E-state index < -0.39 is 5.66 Å². The second kappa shape index (κ2) is 7.85. The van der Waals surface area contributed by atoms with Crippen molar-refractivity contribution in [3.8, 4) is 0 Å². The van der Waals surface area contributed by atoms with Gasteiger partial charge in [-0.05, 0) is 64.6 Å². The fourth-order valence-corrected chi connectivity index (χ4v) is 4.04. The number of hydrogen-bond donors (Lipinski definition) is 1.